The Labute approximate surface area is 158 Å². The molecule has 3 rings (SSSR count). The summed E-state index contributed by atoms with van der Waals surface area (Å²) < 4.78 is 12.0. The number of methoxy groups -OCH3 is 1. The van der Waals surface area contributed by atoms with Crippen molar-refractivity contribution < 1.29 is 14.3 Å². The summed E-state index contributed by atoms with van der Waals surface area (Å²) in [4.78, 5) is 16.9. The van der Waals surface area contributed by atoms with Gasteiger partial charge in [-0.2, -0.15) is 0 Å². The average molecular weight is 411 g/mol. The van der Waals surface area contributed by atoms with Gasteiger partial charge < -0.3 is 9.47 Å². The van der Waals surface area contributed by atoms with Gasteiger partial charge in [-0.05, 0) is 57.4 Å². The third kappa shape index (κ3) is 4.47. The highest BCUT2D eigenvalue weighted by atomic mass is 79.9. The van der Waals surface area contributed by atoms with Gasteiger partial charge in [-0.3, -0.25) is 9.80 Å². The van der Waals surface area contributed by atoms with Crippen LogP contribution in [0.1, 0.15) is 39.2 Å². The average Bonchev–Trinajstić information content (AvgIpc) is 3.24. The van der Waals surface area contributed by atoms with Gasteiger partial charge in [-0.15, -0.1) is 0 Å². The minimum atomic E-state index is -0.447. The summed E-state index contributed by atoms with van der Waals surface area (Å²) in [5, 5.41) is 0. The van der Waals surface area contributed by atoms with Gasteiger partial charge in [0.25, 0.3) is 0 Å². The molecule has 1 spiro atoms. The summed E-state index contributed by atoms with van der Waals surface area (Å²) in [6.07, 6.45) is 1.95. The van der Waals surface area contributed by atoms with Crippen LogP contribution in [0.5, 0.6) is 5.75 Å². The van der Waals surface area contributed by atoms with Crippen molar-refractivity contribution in [2.24, 2.45) is 0 Å². The van der Waals surface area contributed by atoms with E-state index in [1.165, 1.54) is 5.56 Å². The second kappa shape index (κ2) is 6.80. The summed E-state index contributed by atoms with van der Waals surface area (Å²) in [7, 11) is 1.68. The highest BCUT2D eigenvalue weighted by Crippen LogP contribution is 2.45. The van der Waals surface area contributed by atoms with E-state index in [-0.39, 0.29) is 11.6 Å². The largest absolute Gasteiger partial charge is 0.497 e. The summed E-state index contributed by atoms with van der Waals surface area (Å²) in [5.74, 6) is 0.859. The summed E-state index contributed by atoms with van der Waals surface area (Å²) in [6.45, 7) is 9.10. The molecule has 2 fully saturated rings. The minimum Gasteiger partial charge on any atom is -0.497 e. The number of carbonyl (C=O) groups excluding carboxylic acids is 1. The molecule has 1 aromatic carbocycles. The lowest BCUT2D eigenvalue weighted by Crippen LogP contribution is -2.57. The van der Waals surface area contributed by atoms with Crippen LogP contribution < -0.4 is 4.74 Å². The standard InChI is InChI=1S/C19H27BrN2O3/c1-18(2,3)25-17(23)22-8-7-21(13-19(22)5-6-19)12-14-9-15(20)11-16(10-14)24-4/h9-11H,5-8,12-13H2,1-4H3. The number of ether oxygens (including phenoxy) is 2. The van der Waals surface area contributed by atoms with Gasteiger partial charge in [0.15, 0.2) is 0 Å². The van der Waals surface area contributed by atoms with Crippen molar-refractivity contribution in [3.63, 3.8) is 0 Å². The first kappa shape index (κ1) is 18.5. The molecule has 0 N–H and O–H groups in total. The SMILES string of the molecule is COc1cc(Br)cc(CN2CCN(C(=O)OC(C)(C)C)C3(CC3)C2)c1. The van der Waals surface area contributed by atoms with E-state index < -0.39 is 5.60 Å². The van der Waals surface area contributed by atoms with Crippen molar-refractivity contribution in [3.8, 4) is 5.75 Å². The molecule has 1 aliphatic heterocycles. The molecule has 1 aromatic rings. The second-order valence-electron chi connectivity index (χ2n) is 8.07. The van der Waals surface area contributed by atoms with Crippen LogP contribution in [0.15, 0.2) is 22.7 Å². The number of nitrogens with zero attached hydrogens (tertiary/aromatic N) is 2. The van der Waals surface area contributed by atoms with Gasteiger partial charge in [0.2, 0.25) is 0 Å². The first-order chi connectivity index (χ1) is 11.7. The zero-order valence-electron chi connectivity index (χ0n) is 15.5. The molecule has 1 heterocycles. The lowest BCUT2D eigenvalue weighted by Gasteiger charge is -2.42. The fourth-order valence-corrected chi connectivity index (χ4v) is 3.98. The zero-order chi connectivity index (χ0) is 18.2. The summed E-state index contributed by atoms with van der Waals surface area (Å²) in [6, 6.07) is 6.17. The van der Waals surface area contributed by atoms with E-state index >= 15 is 0 Å². The van der Waals surface area contributed by atoms with Crippen molar-refractivity contribution in [1.29, 1.82) is 0 Å². The van der Waals surface area contributed by atoms with Gasteiger partial charge in [0.05, 0.1) is 12.6 Å². The van der Waals surface area contributed by atoms with E-state index in [0.717, 1.165) is 49.2 Å². The number of carbonyl (C=O) groups is 1. The van der Waals surface area contributed by atoms with Gasteiger partial charge in [0.1, 0.15) is 11.4 Å². The molecule has 138 valence electrons. The minimum absolute atomic E-state index is 0.0311. The lowest BCUT2D eigenvalue weighted by atomic mass is 10.1. The molecule has 2 aliphatic rings. The molecular weight excluding hydrogens is 384 g/mol. The van der Waals surface area contributed by atoms with E-state index in [4.69, 9.17) is 9.47 Å². The van der Waals surface area contributed by atoms with Gasteiger partial charge >= 0.3 is 6.09 Å². The third-order valence-electron chi connectivity index (χ3n) is 4.74. The Morgan fingerprint density at radius 3 is 2.56 bits per heavy atom. The molecule has 5 nitrogen and oxygen atoms in total. The van der Waals surface area contributed by atoms with E-state index in [2.05, 4.69) is 33.0 Å². The number of piperazine rings is 1. The summed E-state index contributed by atoms with van der Waals surface area (Å²) >= 11 is 3.54. The summed E-state index contributed by atoms with van der Waals surface area (Å²) in [5.41, 5.74) is 0.737. The van der Waals surface area contributed by atoms with E-state index in [0.29, 0.717) is 0 Å². The number of hydrogen-bond acceptors (Lipinski definition) is 4. The zero-order valence-corrected chi connectivity index (χ0v) is 17.1. The molecule has 0 radical (unpaired) electrons. The molecule has 0 aromatic heterocycles. The highest BCUT2D eigenvalue weighted by molar-refractivity contribution is 9.10. The van der Waals surface area contributed by atoms with Crippen molar-refractivity contribution in [2.45, 2.75) is 51.3 Å². The first-order valence-corrected chi connectivity index (χ1v) is 9.57. The molecule has 6 heteroatoms. The van der Waals surface area contributed by atoms with Crippen molar-refractivity contribution in [3.05, 3.63) is 28.2 Å². The number of benzene rings is 1. The Kier molecular flexibility index (Phi) is 5.04. The highest BCUT2D eigenvalue weighted by Gasteiger charge is 2.54. The molecule has 0 bridgehead atoms. The number of rotatable bonds is 3. The number of hydrogen-bond donors (Lipinski definition) is 0. The van der Waals surface area contributed by atoms with E-state index in [1.54, 1.807) is 7.11 Å². The quantitative estimate of drug-likeness (QED) is 0.753. The van der Waals surface area contributed by atoms with Crippen LogP contribution in [0.4, 0.5) is 4.79 Å². The smallest absolute Gasteiger partial charge is 0.410 e. The Hall–Kier alpha value is -1.27. The Balaban J connectivity index is 1.65. The van der Waals surface area contributed by atoms with Gasteiger partial charge in [-0.25, -0.2) is 4.79 Å². The molecule has 0 atom stereocenters. The molecule has 0 unspecified atom stereocenters. The van der Waals surface area contributed by atoms with E-state index in [9.17, 15) is 4.79 Å². The number of amides is 1. The number of halogens is 1. The van der Waals surface area contributed by atoms with Crippen LogP contribution in [0, 0.1) is 0 Å². The van der Waals surface area contributed by atoms with Crippen LogP contribution in [0.3, 0.4) is 0 Å². The normalized spacial score (nSPS) is 19.8. The Morgan fingerprint density at radius 2 is 1.96 bits per heavy atom. The fourth-order valence-electron chi connectivity index (χ4n) is 3.46. The van der Waals surface area contributed by atoms with Crippen LogP contribution in [0.25, 0.3) is 0 Å². The van der Waals surface area contributed by atoms with Gasteiger partial charge in [-0.1, -0.05) is 15.9 Å². The molecule has 1 saturated heterocycles. The van der Waals surface area contributed by atoms with Crippen molar-refractivity contribution in [1.82, 2.24) is 9.80 Å². The predicted molar refractivity (Wildman–Crippen MR) is 101 cm³/mol. The molecule has 1 aliphatic carbocycles. The second-order valence-corrected chi connectivity index (χ2v) is 8.98. The maximum atomic E-state index is 12.5. The maximum Gasteiger partial charge on any atom is 0.410 e. The molecule has 1 amide bonds. The Bertz CT molecular complexity index is 653. The first-order valence-electron chi connectivity index (χ1n) is 8.77. The van der Waals surface area contributed by atoms with Gasteiger partial charge in [0, 0.05) is 30.7 Å². The monoisotopic (exact) mass is 410 g/mol. The van der Waals surface area contributed by atoms with E-state index in [1.807, 2.05) is 31.7 Å². The lowest BCUT2D eigenvalue weighted by molar-refractivity contribution is -0.00808. The predicted octanol–water partition coefficient (Wildman–Crippen LogP) is 4.04. The molecule has 1 saturated carbocycles. The van der Waals surface area contributed by atoms with Crippen molar-refractivity contribution in [2.75, 3.05) is 26.7 Å². The third-order valence-corrected chi connectivity index (χ3v) is 5.20. The topological polar surface area (TPSA) is 42.0 Å². The Morgan fingerprint density at radius 1 is 1.24 bits per heavy atom. The van der Waals surface area contributed by atoms with Crippen LogP contribution in [-0.4, -0.2) is 53.8 Å². The van der Waals surface area contributed by atoms with Crippen LogP contribution >= 0.6 is 15.9 Å². The molecule has 25 heavy (non-hydrogen) atoms. The fraction of sp³-hybridized carbons (Fsp3) is 0.632. The molecular formula is C19H27BrN2O3. The van der Waals surface area contributed by atoms with Crippen molar-refractivity contribution >= 4 is 22.0 Å². The van der Waals surface area contributed by atoms with Crippen LogP contribution in [0.2, 0.25) is 0 Å². The maximum absolute atomic E-state index is 12.5. The van der Waals surface area contributed by atoms with Crippen LogP contribution in [-0.2, 0) is 11.3 Å².